The van der Waals surface area contributed by atoms with Crippen LogP contribution in [0.15, 0.2) is 0 Å². The molecule has 8 fully saturated rings. The summed E-state index contributed by atoms with van der Waals surface area (Å²) in [5.41, 5.74) is -2.06. The fraction of sp³-hybridized carbons (Fsp3) is 0.852. The van der Waals surface area contributed by atoms with Crippen LogP contribution in [0.3, 0.4) is 0 Å². The molecule has 5 unspecified atom stereocenters. The number of esters is 2. The molecule has 8 bridgehead atoms. The standard InChI is InChI=1S/C27H32F4O10S/c28-26(29,27(30,31)42(36,37)38)40-12-19(41-23(35)25-6-14-3-17(9-25)21(33)18(4-14)10-25)11-39-22(34)24-5-13-1-15(7-24)20(32)16(2-13)8-24/h13-19H,1-12H2,(H,36,37,38). The molecule has 8 rings (SSSR count). The molecule has 5 atom stereocenters. The quantitative estimate of drug-likeness (QED) is 0.218. The predicted molar refractivity (Wildman–Crippen MR) is 130 cm³/mol. The van der Waals surface area contributed by atoms with Gasteiger partial charge in [0.2, 0.25) is 0 Å². The summed E-state index contributed by atoms with van der Waals surface area (Å²) in [4.78, 5) is 51.8. The molecule has 234 valence electrons. The molecule has 42 heavy (non-hydrogen) atoms. The number of ketones is 2. The molecule has 0 heterocycles. The third kappa shape index (κ3) is 4.68. The number of carbonyl (C=O) groups excluding carboxylic acids is 4. The SMILES string of the molecule is O=C1C2CC3CC1CC(C(=O)OCC(COC(F)(F)C(F)(F)S(=O)(=O)O)OC(=O)C14CC5CC(C1)C(=O)C(C5)C4)(C3)C2. The number of hydrogen-bond donors (Lipinski definition) is 1. The fourth-order valence-corrected chi connectivity index (χ4v) is 9.50. The Bertz CT molecular complexity index is 1280. The van der Waals surface area contributed by atoms with E-state index in [2.05, 4.69) is 4.74 Å². The second-order valence-electron chi connectivity index (χ2n) is 13.5. The van der Waals surface area contributed by atoms with Gasteiger partial charge in [0.25, 0.3) is 0 Å². The molecule has 0 saturated heterocycles. The maximum absolute atomic E-state index is 14.2. The molecule has 0 radical (unpaired) electrons. The minimum absolute atomic E-state index is 0.0735. The largest absolute Gasteiger partial charge is 0.461 e. The first-order chi connectivity index (χ1) is 19.5. The van der Waals surface area contributed by atoms with E-state index < -0.39 is 63.6 Å². The Kier molecular flexibility index (Phi) is 6.90. The van der Waals surface area contributed by atoms with Gasteiger partial charge in [0.1, 0.15) is 18.2 Å². The summed E-state index contributed by atoms with van der Waals surface area (Å²) in [6, 6.07) is 0. The summed E-state index contributed by atoms with van der Waals surface area (Å²) < 4.78 is 101. The van der Waals surface area contributed by atoms with E-state index in [-0.39, 0.29) is 72.8 Å². The number of Topliss-reactive ketones (excluding diaryl/α,β-unsaturated/α-hetero) is 2. The molecule has 8 saturated carbocycles. The molecular formula is C27H32F4O10S. The highest BCUT2D eigenvalue weighted by Gasteiger charge is 2.68. The average Bonchev–Trinajstić information content (AvgIpc) is 2.89. The summed E-state index contributed by atoms with van der Waals surface area (Å²) in [7, 11) is -6.58. The lowest BCUT2D eigenvalue weighted by molar-refractivity contribution is -0.325. The summed E-state index contributed by atoms with van der Waals surface area (Å²) in [6.07, 6.45) is -3.08. The monoisotopic (exact) mass is 624 g/mol. The van der Waals surface area contributed by atoms with Crippen molar-refractivity contribution in [2.75, 3.05) is 13.2 Å². The van der Waals surface area contributed by atoms with Gasteiger partial charge in [0, 0.05) is 23.7 Å². The maximum Gasteiger partial charge on any atom is 0.459 e. The average molecular weight is 625 g/mol. The number of hydrogen-bond acceptors (Lipinski definition) is 9. The first-order valence-corrected chi connectivity index (χ1v) is 15.7. The van der Waals surface area contributed by atoms with Gasteiger partial charge in [0.15, 0.2) is 6.10 Å². The third-order valence-corrected chi connectivity index (χ3v) is 11.5. The Hall–Kier alpha value is -2.13. The molecule has 10 nitrogen and oxygen atoms in total. The van der Waals surface area contributed by atoms with E-state index in [0.29, 0.717) is 38.5 Å². The molecule has 0 aromatic carbocycles. The Morgan fingerprint density at radius 1 is 0.786 bits per heavy atom. The second kappa shape index (κ2) is 9.68. The van der Waals surface area contributed by atoms with Crippen molar-refractivity contribution in [3.63, 3.8) is 0 Å². The topological polar surface area (TPSA) is 150 Å². The van der Waals surface area contributed by atoms with Gasteiger partial charge in [-0.25, -0.2) is 0 Å². The van der Waals surface area contributed by atoms with E-state index >= 15 is 0 Å². The molecule has 1 N–H and O–H groups in total. The first kappa shape index (κ1) is 29.9. The van der Waals surface area contributed by atoms with Crippen LogP contribution in [0.5, 0.6) is 0 Å². The van der Waals surface area contributed by atoms with Gasteiger partial charge in [-0.05, 0) is 76.0 Å². The smallest absolute Gasteiger partial charge is 0.459 e. The van der Waals surface area contributed by atoms with Crippen LogP contribution in [0.25, 0.3) is 0 Å². The molecule has 0 aliphatic heterocycles. The molecule has 15 heteroatoms. The summed E-state index contributed by atoms with van der Waals surface area (Å²) in [5, 5.41) is -6.02. The fourth-order valence-electron chi connectivity index (χ4n) is 9.14. The van der Waals surface area contributed by atoms with Crippen molar-refractivity contribution in [3.8, 4) is 0 Å². The number of ether oxygens (including phenoxy) is 3. The molecule has 0 aromatic rings. The molecule has 8 aliphatic carbocycles. The lowest BCUT2D eigenvalue weighted by atomic mass is 9.49. The molecule has 0 aromatic heterocycles. The highest BCUT2D eigenvalue weighted by molar-refractivity contribution is 7.86. The zero-order valence-electron chi connectivity index (χ0n) is 22.6. The van der Waals surface area contributed by atoms with Crippen molar-refractivity contribution in [3.05, 3.63) is 0 Å². The van der Waals surface area contributed by atoms with Gasteiger partial charge in [-0.3, -0.25) is 23.7 Å². The molecule has 8 aliphatic rings. The van der Waals surface area contributed by atoms with E-state index in [1.807, 2.05) is 0 Å². The lowest BCUT2D eigenvalue weighted by Crippen LogP contribution is -2.56. The van der Waals surface area contributed by atoms with Crippen LogP contribution in [0, 0.1) is 46.3 Å². The van der Waals surface area contributed by atoms with Crippen LogP contribution in [0.4, 0.5) is 17.6 Å². The Labute approximate surface area is 238 Å². The Morgan fingerprint density at radius 2 is 1.21 bits per heavy atom. The van der Waals surface area contributed by atoms with Crippen LogP contribution in [0.2, 0.25) is 0 Å². The number of carbonyl (C=O) groups is 4. The van der Waals surface area contributed by atoms with Crippen molar-refractivity contribution < 1.29 is 63.9 Å². The molecule has 0 spiro atoms. The van der Waals surface area contributed by atoms with E-state index in [4.69, 9.17) is 14.0 Å². The van der Waals surface area contributed by atoms with Gasteiger partial charge in [0.05, 0.1) is 17.4 Å². The summed E-state index contributed by atoms with van der Waals surface area (Å²) in [6.45, 7) is -2.33. The highest BCUT2D eigenvalue weighted by Crippen LogP contribution is 2.60. The van der Waals surface area contributed by atoms with E-state index in [1.165, 1.54) is 0 Å². The van der Waals surface area contributed by atoms with Crippen LogP contribution < -0.4 is 0 Å². The van der Waals surface area contributed by atoms with Crippen molar-refractivity contribution >= 4 is 33.6 Å². The van der Waals surface area contributed by atoms with Gasteiger partial charge < -0.3 is 14.2 Å². The minimum atomic E-state index is -6.58. The van der Waals surface area contributed by atoms with Crippen molar-refractivity contribution in [2.45, 2.75) is 81.7 Å². The number of halogens is 4. The van der Waals surface area contributed by atoms with Crippen LogP contribution in [-0.4, -0.2) is 67.2 Å². The van der Waals surface area contributed by atoms with E-state index in [1.54, 1.807) is 0 Å². The van der Waals surface area contributed by atoms with Gasteiger partial charge in [-0.1, -0.05) is 0 Å². The van der Waals surface area contributed by atoms with Crippen molar-refractivity contribution in [1.29, 1.82) is 0 Å². The Morgan fingerprint density at radius 3 is 1.64 bits per heavy atom. The highest BCUT2D eigenvalue weighted by atomic mass is 32.2. The second-order valence-corrected chi connectivity index (χ2v) is 15.0. The first-order valence-electron chi connectivity index (χ1n) is 14.3. The zero-order valence-corrected chi connectivity index (χ0v) is 23.4. The third-order valence-electron chi connectivity index (χ3n) is 10.6. The van der Waals surface area contributed by atoms with Crippen molar-refractivity contribution in [2.24, 2.45) is 46.3 Å². The maximum atomic E-state index is 14.2. The zero-order chi connectivity index (χ0) is 30.5. The van der Waals surface area contributed by atoms with Crippen LogP contribution in [-0.2, 0) is 43.5 Å². The van der Waals surface area contributed by atoms with E-state index in [0.717, 1.165) is 0 Å². The van der Waals surface area contributed by atoms with Crippen LogP contribution in [0.1, 0.15) is 64.2 Å². The summed E-state index contributed by atoms with van der Waals surface area (Å²) >= 11 is 0. The van der Waals surface area contributed by atoms with Gasteiger partial charge in [-0.2, -0.15) is 26.0 Å². The molecular weight excluding hydrogens is 592 g/mol. The summed E-state index contributed by atoms with van der Waals surface area (Å²) in [5.74, 6) is -2.37. The van der Waals surface area contributed by atoms with Crippen LogP contribution >= 0.6 is 0 Å². The van der Waals surface area contributed by atoms with E-state index in [9.17, 15) is 45.2 Å². The Balaban J connectivity index is 1.18. The predicted octanol–water partition coefficient (Wildman–Crippen LogP) is 3.32. The van der Waals surface area contributed by atoms with Crippen molar-refractivity contribution in [1.82, 2.24) is 0 Å². The minimum Gasteiger partial charge on any atom is -0.461 e. The molecule has 0 amide bonds. The number of alkyl halides is 4. The number of rotatable bonds is 10. The lowest BCUT2D eigenvalue weighted by Gasteiger charge is -2.54. The van der Waals surface area contributed by atoms with Gasteiger partial charge in [-0.15, -0.1) is 0 Å². The van der Waals surface area contributed by atoms with Gasteiger partial charge >= 0.3 is 33.4 Å². The normalized spacial score (nSPS) is 39.5.